The van der Waals surface area contributed by atoms with Gasteiger partial charge in [-0.1, -0.05) is 55.4 Å². The van der Waals surface area contributed by atoms with Gasteiger partial charge in [0.15, 0.2) is 0 Å². The van der Waals surface area contributed by atoms with E-state index in [4.69, 9.17) is 19.0 Å². The number of hydrogen-bond donors (Lipinski definition) is 0. The molecular weight excluding hydrogens is 537 g/mol. The molecule has 1 unspecified atom stereocenters. The van der Waals surface area contributed by atoms with E-state index in [0.717, 1.165) is 22.4 Å². The molecule has 4 aromatic rings. The Morgan fingerprint density at radius 3 is 2.21 bits per heavy atom. The number of nitrogens with zero attached hydrogens (tertiary/aromatic N) is 3. The zero-order valence-corrected chi connectivity index (χ0v) is 24.5. The van der Waals surface area contributed by atoms with E-state index in [1.54, 1.807) is 37.0 Å². The van der Waals surface area contributed by atoms with Crippen LogP contribution in [0.4, 0.5) is 4.39 Å². The molecule has 1 heterocycles. The summed E-state index contributed by atoms with van der Waals surface area (Å²) in [6.45, 7) is 6.47. The Hall–Kier alpha value is -4.66. The van der Waals surface area contributed by atoms with Crippen molar-refractivity contribution in [1.29, 1.82) is 0 Å². The topological polar surface area (TPSA) is 84.2 Å². The Morgan fingerprint density at radius 2 is 1.60 bits per heavy atom. The number of esters is 1. The number of halogens is 1. The minimum Gasteiger partial charge on any atom is -0.489 e. The van der Waals surface area contributed by atoms with Crippen LogP contribution in [0.25, 0.3) is 5.69 Å². The second kappa shape index (κ2) is 14.3. The lowest BCUT2D eigenvalue weighted by atomic mass is 9.95. The third-order valence-electron chi connectivity index (χ3n) is 6.89. The van der Waals surface area contributed by atoms with Gasteiger partial charge in [-0.2, -0.15) is 5.10 Å². The molecule has 220 valence electrons. The number of ether oxygens (including phenoxy) is 3. The molecule has 9 heteroatoms. The summed E-state index contributed by atoms with van der Waals surface area (Å²) in [5.74, 6) is 0.369. The van der Waals surface area contributed by atoms with Gasteiger partial charge in [-0.15, -0.1) is 0 Å². The number of carbonyl (C=O) groups is 1. The van der Waals surface area contributed by atoms with Gasteiger partial charge in [0.1, 0.15) is 30.7 Å². The second-order valence-electron chi connectivity index (χ2n) is 10.2. The van der Waals surface area contributed by atoms with Crippen molar-refractivity contribution in [2.24, 2.45) is 11.1 Å². The van der Waals surface area contributed by atoms with Gasteiger partial charge in [-0.05, 0) is 72.4 Å². The smallest absolute Gasteiger partial charge is 0.314 e. The van der Waals surface area contributed by atoms with Gasteiger partial charge in [-0.25, -0.2) is 9.07 Å². The molecule has 0 amide bonds. The Morgan fingerprint density at radius 1 is 0.929 bits per heavy atom. The van der Waals surface area contributed by atoms with Crippen molar-refractivity contribution in [2.75, 3.05) is 14.2 Å². The van der Waals surface area contributed by atoms with E-state index in [2.05, 4.69) is 36.2 Å². The highest BCUT2D eigenvalue weighted by Crippen LogP contribution is 2.26. The van der Waals surface area contributed by atoms with Gasteiger partial charge >= 0.3 is 5.97 Å². The minimum absolute atomic E-state index is 0.158. The summed E-state index contributed by atoms with van der Waals surface area (Å²) in [5, 5.41) is 8.62. The van der Waals surface area contributed by atoms with Crippen molar-refractivity contribution in [3.8, 4) is 17.3 Å². The SMILES string of the molecule is COC(=O)C(Cc1ccc(OCc2cnn(-c3ccc(C(C)C)cc3)c2OC)cc1)/C(C)=N/OCc1ccc(F)cc1. The predicted molar refractivity (Wildman–Crippen MR) is 158 cm³/mol. The number of rotatable bonds is 13. The van der Waals surface area contributed by atoms with Crippen LogP contribution in [-0.4, -0.2) is 35.7 Å². The van der Waals surface area contributed by atoms with Gasteiger partial charge < -0.3 is 19.0 Å². The van der Waals surface area contributed by atoms with Crippen LogP contribution in [0.15, 0.2) is 84.1 Å². The van der Waals surface area contributed by atoms with Crippen molar-refractivity contribution in [1.82, 2.24) is 9.78 Å². The van der Waals surface area contributed by atoms with Gasteiger partial charge in [-0.3, -0.25) is 4.79 Å². The molecule has 0 aliphatic carbocycles. The molecule has 0 radical (unpaired) electrons. The first-order chi connectivity index (χ1) is 20.3. The Kier molecular flexibility index (Phi) is 10.3. The molecule has 0 saturated carbocycles. The number of hydrogen-bond acceptors (Lipinski definition) is 7. The van der Waals surface area contributed by atoms with Crippen LogP contribution in [0, 0.1) is 11.7 Å². The molecule has 0 N–H and O–H groups in total. The van der Waals surface area contributed by atoms with E-state index in [-0.39, 0.29) is 19.0 Å². The van der Waals surface area contributed by atoms with Crippen molar-refractivity contribution >= 4 is 11.7 Å². The lowest BCUT2D eigenvalue weighted by molar-refractivity contribution is -0.143. The van der Waals surface area contributed by atoms with E-state index in [0.29, 0.717) is 29.7 Å². The van der Waals surface area contributed by atoms with Gasteiger partial charge in [0.05, 0.1) is 37.4 Å². The first-order valence-electron chi connectivity index (χ1n) is 13.7. The summed E-state index contributed by atoms with van der Waals surface area (Å²) in [7, 11) is 2.96. The second-order valence-corrected chi connectivity index (χ2v) is 10.2. The third-order valence-corrected chi connectivity index (χ3v) is 6.89. The average Bonchev–Trinajstić information content (AvgIpc) is 3.43. The van der Waals surface area contributed by atoms with Crippen LogP contribution in [0.5, 0.6) is 11.6 Å². The highest BCUT2D eigenvalue weighted by atomic mass is 19.1. The summed E-state index contributed by atoms with van der Waals surface area (Å²) >= 11 is 0. The fourth-order valence-electron chi connectivity index (χ4n) is 4.39. The molecule has 1 atom stereocenters. The van der Waals surface area contributed by atoms with Crippen molar-refractivity contribution in [2.45, 2.75) is 46.3 Å². The van der Waals surface area contributed by atoms with Crippen LogP contribution in [0.1, 0.15) is 48.9 Å². The fourth-order valence-corrected chi connectivity index (χ4v) is 4.39. The summed E-state index contributed by atoms with van der Waals surface area (Å²) in [6.07, 6.45) is 2.11. The number of oxime groups is 1. The monoisotopic (exact) mass is 573 g/mol. The molecule has 0 spiro atoms. The zero-order valence-electron chi connectivity index (χ0n) is 24.5. The summed E-state index contributed by atoms with van der Waals surface area (Å²) in [5.41, 5.74) is 5.13. The summed E-state index contributed by atoms with van der Waals surface area (Å²) in [4.78, 5) is 17.9. The molecule has 42 heavy (non-hydrogen) atoms. The Labute approximate surface area is 245 Å². The molecule has 0 fully saturated rings. The standard InChI is InChI=1S/C33H36FN3O5/c1-22(2)26-10-14-29(15-11-26)37-32(39-4)27(19-35-37)21-41-30-16-8-24(9-17-30)18-31(33(38)40-5)23(3)36-42-20-25-6-12-28(34)13-7-25/h6-17,19,22,31H,18,20-21H2,1-5H3/b36-23+. The van der Waals surface area contributed by atoms with E-state index in [1.165, 1.54) is 24.8 Å². The van der Waals surface area contributed by atoms with Gasteiger partial charge in [0, 0.05) is 0 Å². The summed E-state index contributed by atoms with van der Waals surface area (Å²) < 4.78 is 31.5. The van der Waals surface area contributed by atoms with Crippen molar-refractivity contribution < 1.29 is 28.2 Å². The molecule has 3 aromatic carbocycles. The maximum atomic E-state index is 13.1. The number of methoxy groups -OCH3 is 2. The molecule has 0 aliphatic heterocycles. The van der Waals surface area contributed by atoms with Gasteiger partial charge in [0.2, 0.25) is 5.88 Å². The van der Waals surface area contributed by atoms with Crippen LogP contribution >= 0.6 is 0 Å². The van der Waals surface area contributed by atoms with E-state index in [1.807, 2.05) is 36.4 Å². The number of carbonyl (C=O) groups excluding carboxylic acids is 1. The number of aromatic nitrogens is 2. The lowest BCUT2D eigenvalue weighted by Gasteiger charge is -2.15. The first kappa shape index (κ1) is 30.3. The Bertz CT molecular complexity index is 1480. The normalized spacial score (nSPS) is 12.2. The Balaban J connectivity index is 1.37. The highest BCUT2D eigenvalue weighted by molar-refractivity contribution is 6.00. The zero-order chi connectivity index (χ0) is 30.1. The quantitative estimate of drug-likeness (QED) is 0.101. The van der Waals surface area contributed by atoms with Crippen molar-refractivity contribution in [3.05, 3.63) is 107 Å². The van der Waals surface area contributed by atoms with Crippen LogP contribution < -0.4 is 9.47 Å². The van der Waals surface area contributed by atoms with Crippen molar-refractivity contribution in [3.63, 3.8) is 0 Å². The molecule has 0 saturated heterocycles. The van der Waals surface area contributed by atoms with E-state index < -0.39 is 11.9 Å². The molecule has 8 nitrogen and oxygen atoms in total. The molecule has 4 rings (SSSR count). The molecule has 0 bridgehead atoms. The van der Waals surface area contributed by atoms with Gasteiger partial charge in [0.25, 0.3) is 0 Å². The average molecular weight is 574 g/mol. The van der Waals surface area contributed by atoms with E-state index >= 15 is 0 Å². The molecule has 0 aliphatic rings. The summed E-state index contributed by atoms with van der Waals surface area (Å²) in [6, 6.07) is 21.7. The lowest BCUT2D eigenvalue weighted by Crippen LogP contribution is -2.26. The van der Waals surface area contributed by atoms with Crippen LogP contribution in [0.2, 0.25) is 0 Å². The minimum atomic E-state index is -0.625. The molecular formula is C33H36FN3O5. The fraction of sp³-hybridized carbons (Fsp3) is 0.303. The van der Waals surface area contributed by atoms with Crippen LogP contribution in [0.3, 0.4) is 0 Å². The predicted octanol–water partition coefficient (Wildman–Crippen LogP) is 6.65. The first-order valence-corrected chi connectivity index (χ1v) is 13.7. The number of benzene rings is 3. The largest absolute Gasteiger partial charge is 0.489 e. The highest BCUT2D eigenvalue weighted by Gasteiger charge is 2.24. The van der Waals surface area contributed by atoms with Crippen LogP contribution in [-0.2, 0) is 34.0 Å². The van der Waals surface area contributed by atoms with E-state index in [9.17, 15) is 9.18 Å². The molecule has 1 aromatic heterocycles. The third kappa shape index (κ3) is 7.75. The maximum Gasteiger partial charge on any atom is 0.314 e. The maximum absolute atomic E-state index is 13.1.